The molecule has 0 radical (unpaired) electrons. The highest BCUT2D eigenvalue weighted by Crippen LogP contribution is 2.30. The average molecular weight is 466 g/mol. The predicted molar refractivity (Wildman–Crippen MR) is 141 cm³/mol. The normalized spacial score (nSPS) is 15.3. The molecule has 0 amide bonds. The number of anilines is 1. The van der Waals surface area contributed by atoms with E-state index in [0.717, 1.165) is 66.5 Å². The quantitative estimate of drug-likeness (QED) is 0.409. The number of para-hydroxylation sites is 1. The molecule has 2 aromatic carbocycles. The van der Waals surface area contributed by atoms with Crippen molar-refractivity contribution >= 4 is 22.4 Å². The Labute approximate surface area is 205 Å². The molecule has 1 aliphatic rings. The zero-order chi connectivity index (χ0) is 24.0. The number of H-pyrrole nitrogens is 1. The lowest BCUT2D eigenvalue weighted by Crippen LogP contribution is -2.46. The van der Waals surface area contributed by atoms with Crippen LogP contribution in [0.4, 0.5) is 5.69 Å². The maximum atomic E-state index is 4.91. The van der Waals surface area contributed by atoms with Crippen LogP contribution in [-0.2, 0) is 12.0 Å². The van der Waals surface area contributed by atoms with Crippen LogP contribution in [0.1, 0.15) is 32.0 Å². The molecule has 0 spiro atoms. The lowest BCUT2D eigenvalue weighted by atomic mass is 9.87. The summed E-state index contributed by atoms with van der Waals surface area (Å²) in [5, 5.41) is 0. The Hall–Kier alpha value is -3.71. The molecule has 1 N–H and O–H groups in total. The molecule has 7 heteroatoms. The van der Waals surface area contributed by atoms with Crippen molar-refractivity contribution in [3.05, 3.63) is 78.5 Å². The Balaban J connectivity index is 1.18. The molecule has 4 heterocycles. The van der Waals surface area contributed by atoms with E-state index >= 15 is 0 Å². The molecular formula is C28H31N7. The summed E-state index contributed by atoms with van der Waals surface area (Å²) in [5.41, 5.74) is 7.93. The van der Waals surface area contributed by atoms with Crippen LogP contribution in [0.2, 0.25) is 0 Å². The molecule has 5 aromatic rings. The number of benzene rings is 2. The Bertz CT molecular complexity index is 1430. The number of aromatic amines is 1. The monoisotopic (exact) mass is 465 g/mol. The second-order valence-corrected chi connectivity index (χ2v) is 10.4. The van der Waals surface area contributed by atoms with E-state index in [1.165, 1.54) is 11.3 Å². The minimum absolute atomic E-state index is 0.143. The Morgan fingerprint density at radius 2 is 1.74 bits per heavy atom. The molecule has 3 aromatic heterocycles. The Kier molecular flexibility index (Phi) is 5.29. The lowest BCUT2D eigenvalue weighted by Gasteiger charge is -2.35. The predicted octanol–water partition coefficient (Wildman–Crippen LogP) is 4.89. The molecule has 0 saturated carbocycles. The van der Waals surface area contributed by atoms with Gasteiger partial charge in [0.15, 0.2) is 5.65 Å². The summed E-state index contributed by atoms with van der Waals surface area (Å²) >= 11 is 0. The first-order chi connectivity index (χ1) is 16.9. The van der Waals surface area contributed by atoms with E-state index in [1.54, 1.807) is 12.4 Å². The first-order valence-corrected chi connectivity index (χ1v) is 12.3. The van der Waals surface area contributed by atoms with Gasteiger partial charge in [0, 0.05) is 56.9 Å². The van der Waals surface area contributed by atoms with Gasteiger partial charge in [-0.15, -0.1) is 0 Å². The second-order valence-electron chi connectivity index (χ2n) is 10.4. The van der Waals surface area contributed by atoms with Gasteiger partial charge in [0.05, 0.1) is 28.6 Å². The molecule has 178 valence electrons. The number of hydrogen-bond donors (Lipinski definition) is 1. The zero-order valence-corrected chi connectivity index (χ0v) is 20.6. The van der Waals surface area contributed by atoms with Crippen LogP contribution in [0.5, 0.6) is 0 Å². The van der Waals surface area contributed by atoms with E-state index < -0.39 is 0 Å². The zero-order valence-electron chi connectivity index (χ0n) is 20.6. The number of rotatable bonds is 4. The fourth-order valence-corrected chi connectivity index (χ4v) is 4.89. The van der Waals surface area contributed by atoms with Crippen molar-refractivity contribution in [3.8, 4) is 11.4 Å². The molecule has 6 rings (SSSR count). The molecule has 0 atom stereocenters. The van der Waals surface area contributed by atoms with Crippen LogP contribution in [0.15, 0.2) is 67.3 Å². The smallest absolute Gasteiger partial charge is 0.155 e. The summed E-state index contributed by atoms with van der Waals surface area (Å²) in [4.78, 5) is 22.3. The van der Waals surface area contributed by atoms with Crippen molar-refractivity contribution in [3.63, 3.8) is 0 Å². The topological polar surface area (TPSA) is 65.3 Å². The number of fused-ring (bicyclic) bond motifs is 2. The highest BCUT2D eigenvalue weighted by Gasteiger charge is 2.21. The van der Waals surface area contributed by atoms with Crippen molar-refractivity contribution in [2.24, 2.45) is 0 Å². The molecule has 1 fully saturated rings. The number of nitrogens with one attached hydrogen (secondary N) is 1. The number of piperazine rings is 1. The molecule has 1 saturated heterocycles. The van der Waals surface area contributed by atoms with Crippen LogP contribution in [0, 0.1) is 0 Å². The third-order valence-electron chi connectivity index (χ3n) is 6.93. The summed E-state index contributed by atoms with van der Waals surface area (Å²) in [6, 6.07) is 15.2. The van der Waals surface area contributed by atoms with Gasteiger partial charge >= 0.3 is 0 Å². The third-order valence-corrected chi connectivity index (χ3v) is 6.93. The van der Waals surface area contributed by atoms with Gasteiger partial charge in [-0.3, -0.25) is 9.88 Å². The van der Waals surface area contributed by atoms with Crippen molar-refractivity contribution < 1.29 is 0 Å². The first-order valence-electron chi connectivity index (χ1n) is 12.3. The standard InChI is InChI=1S/C28H31N7/c1-28(2,3)21-9-7-20(8-10-21)27-31-23-5-4-6-24(26(23)32-27)34-15-13-33(14-16-34)18-22-19-35-12-11-29-17-25(35)30-22/h4-12,17,19H,13-16,18H2,1-3H3,(H,31,32). The van der Waals surface area contributed by atoms with Crippen molar-refractivity contribution in [2.45, 2.75) is 32.7 Å². The molecular weight excluding hydrogens is 434 g/mol. The van der Waals surface area contributed by atoms with E-state index in [2.05, 4.69) is 89.2 Å². The number of imidazole rings is 2. The summed E-state index contributed by atoms with van der Waals surface area (Å²) in [5.74, 6) is 0.924. The Morgan fingerprint density at radius 1 is 0.943 bits per heavy atom. The average Bonchev–Trinajstić information content (AvgIpc) is 3.48. The molecule has 7 nitrogen and oxygen atoms in total. The van der Waals surface area contributed by atoms with Crippen LogP contribution in [0.25, 0.3) is 28.1 Å². The third kappa shape index (κ3) is 4.28. The highest BCUT2D eigenvalue weighted by molar-refractivity contribution is 5.91. The van der Waals surface area contributed by atoms with Gasteiger partial charge in [-0.25, -0.2) is 9.97 Å². The number of hydrogen-bond acceptors (Lipinski definition) is 5. The fourth-order valence-electron chi connectivity index (χ4n) is 4.89. The van der Waals surface area contributed by atoms with Gasteiger partial charge < -0.3 is 14.3 Å². The van der Waals surface area contributed by atoms with E-state index in [-0.39, 0.29) is 5.41 Å². The first kappa shape index (κ1) is 21.8. The minimum atomic E-state index is 0.143. The SMILES string of the molecule is CC(C)(C)c1ccc(-c2nc3cccc(N4CCN(Cc5cn6ccncc6n5)CC4)c3[nH]2)cc1. The summed E-state index contributed by atoms with van der Waals surface area (Å²) < 4.78 is 2.03. The van der Waals surface area contributed by atoms with E-state index in [9.17, 15) is 0 Å². The molecule has 0 aliphatic carbocycles. The highest BCUT2D eigenvalue weighted by atomic mass is 15.3. The van der Waals surface area contributed by atoms with Crippen molar-refractivity contribution in [1.29, 1.82) is 0 Å². The van der Waals surface area contributed by atoms with Gasteiger partial charge in [-0.1, -0.05) is 51.1 Å². The summed E-state index contributed by atoms with van der Waals surface area (Å²) in [6.07, 6.45) is 7.64. The maximum Gasteiger partial charge on any atom is 0.155 e. The van der Waals surface area contributed by atoms with Crippen LogP contribution < -0.4 is 4.90 Å². The molecule has 35 heavy (non-hydrogen) atoms. The van der Waals surface area contributed by atoms with Crippen LogP contribution >= 0.6 is 0 Å². The number of nitrogens with zero attached hydrogens (tertiary/aromatic N) is 6. The minimum Gasteiger partial charge on any atom is -0.367 e. The fraction of sp³-hybridized carbons (Fsp3) is 0.321. The maximum absolute atomic E-state index is 4.91. The van der Waals surface area contributed by atoms with Crippen molar-refractivity contribution in [2.75, 3.05) is 31.1 Å². The van der Waals surface area contributed by atoms with Gasteiger partial charge in [0.2, 0.25) is 0 Å². The van der Waals surface area contributed by atoms with Crippen LogP contribution in [0.3, 0.4) is 0 Å². The van der Waals surface area contributed by atoms with Gasteiger partial charge in [-0.2, -0.15) is 0 Å². The van der Waals surface area contributed by atoms with Crippen molar-refractivity contribution in [1.82, 2.24) is 29.2 Å². The van der Waals surface area contributed by atoms with Gasteiger partial charge in [-0.05, 0) is 23.1 Å². The second kappa shape index (κ2) is 8.50. The lowest BCUT2D eigenvalue weighted by molar-refractivity contribution is 0.247. The van der Waals surface area contributed by atoms with Gasteiger partial charge in [0.25, 0.3) is 0 Å². The van der Waals surface area contributed by atoms with E-state index in [0.29, 0.717) is 0 Å². The largest absolute Gasteiger partial charge is 0.367 e. The van der Waals surface area contributed by atoms with E-state index in [4.69, 9.17) is 9.97 Å². The van der Waals surface area contributed by atoms with Crippen LogP contribution in [-0.4, -0.2) is 55.4 Å². The summed E-state index contributed by atoms with van der Waals surface area (Å²) in [7, 11) is 0. The molecule has 1 aliphatic heterocycles. The van der Waals surface area contributed by atoms with Gasteiger partial charge in [0.1, 0.15) is 5.82 Å². The molecule has 0 bridgehead atoms. The number of aromatic nitrogens is 5. The summed E-state index contributed by atoms with van der Waals surface area (Å²) in [6.45, 7) is 11.5. The molecule has 0 unspecified atom stereocenters. The van der Waals surface area contributed by atoms with E-state index in [1.807, 2.05) is 10.6 Å². The Morgan fingerprint density at radius 3 is 2.49 bits per heavy atom.